The Balaban J connectivity index is 2.65. The van der Waals surface area contributed by atoms with Gasteiger partial charge in [-0.2, -0.15) is 0 Å². The molecule has 0 saturated heterocycles. The van der Waals surface area contributed by atoms with Crippen LogP contribution in [0, 0.1) is 26.2 Å². The van der Waals surface area contributed by atoms with E-state index in [2.05, 4.69) is 16.6 Å². The number of alkyl carbamates (subject to hydrolysis) is 1. The average Bonchev–Trinajstić information content (AvgIpc) is 2.85. The van der Waals surface area contributed by atoms with Gasteiger partial charge in [0.25, 0.3) is 5.91 Å². The lowest BCUT2D eigenvalue weighted by atomic mass is 9.94. The van der Waals surface area contributed by atoms with Crippen LogP contribution in [0.1, 0.15) is 82.7 Å². The van der Waals surface area contributed by atoms with Crippen LogP contribution in [0.2, 0.25) is 0 Å². The third kappa shape index (κ3) is 9.38. The molecular weight excluding hydrogens is 520 g/mol. The van der Waals surface area contributed by atoms with Crippen LogP contribution in [0.15, 0.2) is 42.5 Å². The number of nitrogens with one attached hydrogen (secondary N) is 2. The number of carbonyl (C=O) groups excluding carboxylic acids is 4. The Labute approximate surface area is 243 Å². The van der Waals surface area contributed by atoms with Gasteiger partial charge in [0, 0.05) is 23.2 Å². The lowest BCUT2D eigenvalue weighted by molar-refractivity contribution is -0.147. The van der Waals surface area contributed by atoms with Crippen LogP contribution in [0.3, 0.4) is 0 Å². The van der Waals surface area contributed by atoms with E-state index in [1.54, 1.807) is 65.8 Å². The molecule has 9 nitrogen and oxygen atoms in total. The fourth-order valence-electron chi connectivity index (χ4n) is 4.39. The highest BCUT2D eigenvalue weighted by atomic mass is 16.6. The Morgan fingerprint density at radius 3 is 2.00 bits per heavy atom. The van der Waals surface area contributed by atoms with Crippen LogP contribution in [0.5, 0.6) is 0 Å². The molecular formula is C32H42N4O5. The van der Waals surface area contributed by atoms with E-state index in [1.165, 1.54) is 4.90 Å². The molecule has 0 radical (unpaired) electrons. The maximum atomic E-state index is 14.3. The number of hydrogen-bond donors (Lipinski definition) is 3. The van der Waals surface area contributed by atoms with Gasteiger partial charge in [-0.15, -0.1) is 6.42 Å². The number of hydrogen-bond acceptors (Lipinski definition) is 5. The minimum atomic E-state index is -1.20. The first-order valence-corrected chi connectivity index (χ1v) is 13.5. The molecule has 0 fully saturated rings. The highest BCUT2D eigenvalue weighted by Crippen LogP contribution is 2.32. The predicted molar refractivity (Wildman–Crippen MR) is 160 cm³/mol. The van der Waals surface area contributed by atoms with E-state index >= 15 is 0 Å². The summed E-state index contributed by atoms with van der Waals surface area (Å²) in [6.45, 7) is 14.2. The van der Waals surface area contributed by atoms with Gasteiger partial charge in [-0.25, -0.2) is 4.79 Å². The van der Waals surface area contributed by atoms with E-state index < -0.39 is 47.0 Å². The van der Waals surface area contributed by atoms with Crippen LogP contribution in [0.25, 0.3) is 0 Å². The molecule has 220 valence electrons. The Morgan fingerprint density at radius 1 is 0.976 bits per heavy atom. The van der Waals surface area contributed by atoms with Crippen LogP contribution in [0.4, 0.5) is 10.5 Å². The van der Waals surface area contributed by atoms with Gasteiger partial charge in [-0.1, -0.05) is 36.3 Å². The summed E-state index contributed by atoms with van der Waals surface area (Å²) in [7, 11) is 0. The van der Waals surface area contributed by atoms with Crippen molar-refractivity contribution in [1.29, 1.82) is 0 Å². The molecule has 0 heterocycles. The zero-order valence-corrected chi connectivity index (χ0v) is 25.3. The molecule has 0 spiro atoms. The lowest BCUT2D eigenvalue weighted by Crippen LogP contribution is -2.58. The van der Waals surface area contributed by atoms with E-state index in [4.69, 9.17) is 16.9 Å². The molecule has 2 atom stereocenters. The molecule has 2 unspecified atom stereocenters. The molecule has 2 aromatic rings. The number of aryl methyl sites for hydroxylation is 2. The smallest absolute Gasteiger partial charge is 0.408 e. The highest BCUT2D eigenvalue weighted by molar-refractivity contribution is 6.00. The molecule has 9 heteroatoms. The normalized spacial score (nSPS) is 12.9. The van der Waals surface area contributed by atoms with Crippen molar-refractivity contribution in [3.63, 3.8) is 0 Å². The maximum absolute atomic E-state index is 14.3. The number of amides is 4. The first-order chi connectivity index (χ1) is 18.9. The summed E-state index contributed by atoms with van der Waals surface area (Å²) in [6.07, 6.45) is 4.47. The molecule has 41 heavy (non-hydrogen) atoms. The zero-order chi connectivity index (χ0) is 31.1. The SMILES string of the molecule is C#Cc1ccc(C(C(=O)Nc2c(C)cccc2C)N(C(=O)C(CCC(N)=O)NC(=O)OC(C)(C)C)C(C)(C)C)cc1. The van der Waals surface area contributed by atoms with Crippen LogP contribution in [-0.2, 0) is 19.1 Å². The highest BCUT2D eigenvalue weighted by Gasteiger charge is 2.42. The Morgan fingerprint density at radius 2 is 1.54 bits per heavy atom. The number of terminal acetylenes is 1. The topological polar surface area (TPSA) is 131 Å². The van der Waals surface area contributed by atoms with Crippen LogP contribution < -0.4 is 16.4 Å². The van der Waals surface area contributed by atoms with Crippen molar-refractivity contribution in [1.82, 2.24) is 10.2 Å². The fourth-order valence-corrected chi connectivity index (χ4v) is 4.39. The van der Waals surface area contributed by atoms with Gasteiger partial charge in [0.15, 0.2) is 0 Å². The second-order valence-electron chi connectivity index (χ2n) is 12.0. The summed E-state index contributed by atoms with van der Waals surface area (Å²) in [5.41, 5.74) is 7.14. The van der Waals surface area contributed by atoms with Crippen molar-refractivity contribution < 1.29 is 23.9 Å². The van der Waals surface area contributed by atoms with Crippen LogP contribution >= 0.6 is 0 Å². The van der Waals surface area contributed by atoms with Gasteiger partial charge < -0.3 is 26.0 Å². The molecule has 0 saturated carbocycles. The number of ether oxygens (including phenoxy) is 1. The third-order valence-corrected chi connectivity index (χ3v) is 6.26. The molecule has 0 aliphatic rings. The van der Waals surface area contributed by atoms with E-state index in [0.29, 0.717) is 16.8 Å². The number of primary amides is 1. The molecule has 4 amide bonds. The van der Waals surface area contributed by atoms with Gasteiger partial charge >= 0.3 is 6.09 Å². The van der Waals surface area contributed by atoms with E-state index in [-0.39, 0.29) is 12.8 Å². The number of benzene rings is 2. The first kappa shape index (κ1) is 32.9. The second kappa shape index (κ2) is 13.4. The van der Waals surface area contributed by atoms with Crippen molar-refractivity contribution >= 4 is 29.5 Å². The van der Waals surface area contributed by atoms with Crippen molar-refractivity contribution in [2.24, 2.45) is 5.73 Å². The summed E-state index contributed by atoms with van der Waals surface area (Å²) < 4.78 is 5.38. The van der Waals surface area contributed by atoms with Crippen molar-refractivity contribution in [3.8, 4) is 12.3 Å². The summed E-state index contributed by atoms with van der Waals surface area (Å²) in [5.74, 6) is 0.895. The molecule has 0 aliphatic carbocycles. The first-order valence-electron chi connectivity index (χ1n) is 13.5. The molecule has 2 aromatic carbocycles. The van der Waals surface area contributed by atoms with Gasteiger partial charge in [-0.3, -0.25) is 14.4 Å². The van der Waals surface area contributed by atoms with Gasteiger partial charge in [-0.05, 0) is 90.6 Å². The zero-order valence-electron chi connectivity index (χ0n) is 25.3. The monoisotopic (exact) mass is 562 g/mol. The number of para-hydroxylation sites is 1. The summed E-state index contributed by atoms with van der Waals surface area (Å²) >= 11 is 0. The summed E-state index contributed by atoms with van der Waals surface area (Å²) in [6, 6.07) is 10.2. The standard InChI is InChI=1S/C32H42N4O5/c1-10-22-14-16-23(17-15-22)27(28(38)35-26-20(2)12-11-13-21(26)3)36(31(4,5)6)29(39)24(18-19-25(33)37)34-30(40)41-32(7,8)9/h1,11-17,24,27H,18-19H2,2-9H3,(H2,33,37)(H,34,40)(H,35,38). The third-order valence-electron chi connectivity index (χ3n) is 6.26. The number of nitrogens with zero attached hydrogens (tertiary/aromatic N) is 1. The Hall–Kier alpha value is -4.32. The quantitative estimate of drug-likeness (QED) is 0.380. The van der Waals surface area contributed by atoms with E-state index in [1.807, 2.05) is 32.0 Å². The van der Waals surface area contributed by atoms with E-state index in [9.17, 15) is 19.2 Å². The van der Waals surface area contributed by atoms with Crippen molar-refractivity contribution in [2.75, 3.05) is 5.32 Å². The number of nitrogens with two attached hydrogens (primary N) is 1. The lowest BCUT2D eigenvalue weighted by Gasteiger charge is -2.43. The molecule has 2 rings (SSSR count). The predicted octanol–water partition coefficient (Wildman–Crippen LogP) is 4.75. The number of anilines is 1. The fraction of sp³-hybridized carbons (Fsp3) is 0.438. The molecule has 0 bridgehead atoms. The van der Waals surface area contributed by atoms with Gasteiger partial charge in [0.1, 0.15) is 17.7 Å². The number of carbonyl (C=O) groups is 4. The van der Waals surface area contributed by atoms with Crippen molar-refractivity contribution in [3.05, 3.63) is 64.7 Å². The largest absolute Gasteiger partial charge is 0.444 e. The maximum Gasteiger partial charge on any atom is 0.408 e. The molecule has 4 N–H and O–H groups in total. The minimum absolute atomic E-state index is 0.0821. The second-order valence-corrected chi connectivity index (χ2v) is 12.0. The average molecular weight is 563 g/mol. The molecule has 0 aliphatic heterocycles. The number of rotatable bonds is 9. The molecule has 0 aromatic heterocycles. The van der Waals surface area contributed by atoms with Gasteiger partial charge in [0.05, 0.1) is 0 Å². The minimum Gasteiger partial charge on any atom is -0.444 e. The summed E-state index contributed by atoms with van der Waals surface area (Å²) in [5, 5.41) is 5.61. The summed E-state index contributed by atoms with van der Waals surface area (Å²) in [4.78, 5) is 54.3. The van der Waals surface area contributed by atoms with E-state index in [0.717, 1.165) is 11.1 Å². The van der Waals surface area contributed by atoms with Crippen LogP contribution in [-0.4, -0.2) is 45.9 Å². The van der Waals surface area contributed by atoms with Gasteiger partial charge in [0.2, 0.25) is 11.8 Å². The van der Waals surface area contributed by atoms with Crippen molar-refractivity contribution in [2.45, 2.75) is 91.5 Å². The Bertz CT molecular complexity index is 1290. The Kier molecular flexibility index (Phi) is 10.7.